The lowest BCUT2D eigenvalue weighted by atomic mass is 9.91. The van der Waals surface area contributed by atoms with Crippen LogP contribution in [-0.4, -0.2) is 38.4 Å². The van der Waals surface area contributed by atoms with E-state index in [9.17, 15) is 14.4 Å². The minimum atomic E-state index is -0.358. The average molecular weight is 474 g/mol. The van der Waals surface area contributed by atoms with Crippen molar-refractivity contribution in [2.75, 3.05) is 25.2 Å². The van der Waals surface area contributed by atoms with Gasteiger partial charge in [0.15, 0.2) is 6.29 Å². The number of rotatable bonds is 9. The summed E-state index contributed by atoms with van der Waals surface area (Å²) in [5.41, 5.74) is 3.63. The van der Waals surface area contributed by atoms with Crippen LogP contribution >= 0.6 is 0 Å². The number of nitrogens with zero attached hydrogens (tertiary/aromatic N) is 1. The molecular formula is C29H31NO5. The molecule has 6 nitrogen and oxygen atoms in total. The molecule has 35 heavy (non-hydrogen) atoms. The van der Waals surface area contributed by atoms with Crippen molar-refractivity contribution in [2.45, 2.75) is 34.1 Å². The van der Waals surface area contributed by atoms with Gasteiger partial charge in [0, 0.05) is 23.7 Å². The summed E-state index contributed by atoms with van der Waals surface area (Å²) in [7, 11) is 1.66. The maximum Gasteiger partial charge on any atom is 0.310 e. The van der Waals surface area contributed by atoms with Gasteiger partial charge in [-0.25, -0.2) is 0 Å². The second kappa shape index (κ2) is 11.5. The molecule has 0 unspecified atom stereocenters. The van der Waals surface area contributed by atoms with Gasteiger partial charge in [-0.3, -0.25) is 14.4 Å². The van der Waals surface area contributed by atoms with Crippen molar-refractivity contribution >= 4 is 40.7 Å². The fourth-order valence-corrected chi connectivity index (χ4v) is 4.03. The Morgan fingerprint density at radius 1 is 0.914 bits per heavy atom. The van der Waals surface area contributed by atoms with Crippen molar-refractivity contribution in [1.29, 1.82) is 0 Å². The molecule has 0 atom stereocenters. The van der Waals surface area contributed by atoms with E-state index in [1.807, 2.05) is 51.1 Å². The lowest BCUT2D eigenvalue weighted by molar-refractivity contribution is -0.142. The van der Waals surface area contributed by atoms with Gasteiger partial charge in [0.05, 0.1) is 25.2 Å². The van der Waals surface area contributed by atoms with Gasteiger partial charge in [-0.05, 0) is 56.3 Å². The van der Waals surface area contributed by atoms with Crippen LogP contribution in [-0.2, 0) is 16.0 Å². The highest BCUT2D eigenvalue weighted by molar-refractivity contribution is 6.18. The molecule has 0 saturated carbocycles. The summed E-state index contributed by atoms with van der Waals surface area (Å²) in [6.45, 7) is 8.18. The number of hydrogen-bond acceptors (Lipinski definition) is 5. The first-order chi connectivity index (χ1) is 16.8. The van der Waals surface area contributed by atoms with Crippen LogP contribution in [0.15, 0.2) is 54.1 Å². The van der Waals surface area contributed by atoms with Crippen molar-refractivity contribution in [3.8, 4) is 5.75 Å². The molecule has 0 N–H and O–H groups in total. The minimum Gasteiger partial charge on any atom is -0.492 e. The van der Waals surface area contributed by atoms with Gasteiger partial charge >= 0.3 is 5.97 Å². The summed E-state index contributed by atoms with van der Waals surface area (Å²) in [6, 6.07) is 14.7. The Hall–Kier alpha value is -3.93. The number of hydrogen-bond donors (Lipinski definition) is 0. The lowest BCUT2D eigenvalue weighted by Crippen LogP contribution is -2.28. The zero-order valence-corrected chi connectivity index (χ0v) is 20.9. The quantitative estimate of drug-likeness (QED) is 0.288. The number of carbonyl (C=O) groups is 3. The van der Waals surface area contributed by atoms with Crippen LogP contribution in [0.4, 0.5) is 5.69 Å². The molecular weight excluding hydrogens is 442 g/mol. The molecule has 0 aliphatic carbocycles. The van der Waals surface area contributed by atoms with E-state index < -0.39 is 0 Å². The molecule has 3 rings (SSSR count). The molecule has 182 valence electrons. The van der Waals surface area contributed by atoms with E-state index in [0.717, 1.165) is 28.2 Å². The van der Waals surface area contributed by atoms with Gasteiger partial charge in [-0.15, -0.1) is 0 Å². The summed E-state index contributed by atoms with van der Waals surface area (Å²) in [5.74, 6) is -0.264. The third kappa shape index (κ3) is 5.60. The molecule has 3 aromatic carbocycles. The van der Waals surface area contributed by atoms with Gasteiger partial charge in [0.25, 0.3) is 5.91 Å². The molecule has 0 spiro atoms. The van der Waals surface area contributed by atoms with E-state index in [2.05, 4.69) is 0 Å². The van der Waals surface area contributed by atoms with Crippen LogP contribution in [0.25, 0.3) is 16.8 Å². The SMILES string of the molecule is CCOC(=O)Cc1ccc(N(C)C(=O)c2c(C=O)c(C=C(C)C)c3ccccc3c2OCC)cc1. The Kier molecular flexibility index (Phi) is 8.42. The van der Waals surface area contributed by atoms with Crippen LogP contribution in [0, 0.1) is 0 Å². The molecule has 0 fully saturated rings. The predicted molar refractivity (Wildman–Crippen MR) is 139 cm³/mol. The summed E-state index contributed by atoms with van der Waals surface area (Å²) < 4.78 is 11.0. The molecule has 0 radical (unpaired) electrons. The average Bonchev–Trinajstić information content (AvgIpc) is 2.84. The van der Waals surface area contributed by atoms with Gasteiger partial charge in [0.1, 0.15) is 5.75 Å². The summed E-state index contributed by atoms with van der Waals surface area (Å²) >= 11 is 0. The van der Waals surface area contributed by atoms with Crippen molar-refractivity contribution in [3.05, 3.63) is 76.4 Å². The highest BCUT2D eigenvalue weighted by Gasteiger charge is 2.27. The smallest absolute Gasteiger partial charge is 0.310 e. The number of allylic oxidation sites excluding steroid dienone is 1. The second-order valence-electron chi connectivity index (χ2n) is 8.36. The van der Waals surface area contributed by atoms with Crippen molar-refractivity contribution in [1.82, 2.24) is 0 Å². The van der Waals surface area contributed by atoms with Crippen LogP contribution in [0.2, 0.25) is 0 Å². The second-order valence-corrected chi connectivity index (χ2v) is 8.36. The van der Waals surface area contributed by atoms with E-state index >= 15 is 0 Å². The molecule has 1 amide bonds. The monoisotopic (exact) mass is 473 g/mol. The summed E-state index contributed by atoms with van der Waals surface area (Å²) in [5, 5.41) is 1.62. The maximum atomic E-state index is 13.8. The van der Waals surface area contributed by atoms with Gasteiger partial charge in [0.2, 0.25) is 0 Å². The summed E-state index contributed by atoms with van der Waals surface area (Å²) in [4.78, 5) is 39.5. The van der Waals surface area contributed by atoms with Crippen LogP contribution in [0.3, 0.4) is 0 Å². The first-order valence-electron chi connectivity index (χ1n) is 11.7. The highest BCUT2D eigenvalue weighted by Crippen LogP contribution is 2.38. The van der Waals surface area contributed by atoms with Gasteiger partial charge < -0.3 is 14.4 Å². The Balaban J connectivity index is 2.13. The molecule has 6 heteroatoms. The number of esters is 1. The zero-order valence-electron chi connectivity index (χ0n) is 20.9. The van der Waals surface area contributed by atoms with Crippen LogP contribution in [0.5, 0.6) is 5.75 Å². The van der Waals surface area contributed by atoms with Crippen LogP contribution in [0.1, 0.15) is 59.5 Å². The first kappa shape index (κ1) is 25.7. The van der Waals surface area contributed by atoms with E-state index in [0.29, 0.717) is 35.8 Å². The Bertz CT molecular complexity index is 1270. The van der Waals surface area contributed by atoms with E-state index in [-0.39, 0.29) is 23.9 Å². The van der Waals surface area contributed by atoms with E-state index in [4.69, 9.17) is 9.47 Å². The van der Waals surface area contributed by atoms with Crippen molar-refractivity contribution < 1.29 is 23.9 Å². The molecule has 0 aliphatic rings. The number of benzene rings is 3. The molecule has 0 aromatic heterocycles. The number of amides is 1. The van der Waals surface area contributed by atoms with Crippen molar-refractivity contribution in [3.63, 3.8) is 0 Å². The van der Waals surface area contributed by atoms with Gasteiger partial charge in [-0.1, -0.05) is 48.0 Å². The Morgan fingerprint density at radius 3 is 2.14 bits per heavy atom. The maximum absolute atomic E-state index is 13.8. The van der Waals surface area contributed by atoms with Gasteiger partial charge in [-0.2, -0.15) is 0 Å². The largest absolute Gasteiger partial charge is 0.492 e. The molecule has 0 saturated heterocycles. The number of fused-ring (bicyclic) bond motifs is 1. The van der Waals surface area contributed by atoms with E-state index in [1.54, 1.807) is 38.2 Å². The van der Waals surface area contributed by atoms with Crippen LogP contribution < -0.4 is 9.64 Å². The third-order valence-electron chi connectivity index (χ3n) is 5.58. The van der Waals surface area contributed by atoms with Crippen molar-refractivity contribution in [2.24, 2.45) is 0 Å². The Labute approximate surface area is 206 Å². The number of ether oxygens (including phenoxy) is 2. The molecule has 0 aliphatic heterocycles. The topological polar surface area (TPSA) is 72.9 Å². The normalized spacial score (nSPS) is 10.5. The zero-order chi connectivity index (χ0) is 25.5. The molecule has 0 bridgehead atoms. The fraction of sp³-hybridized carbons (Fsp3) is 0.276. The number of carbonyl (C=O) groups excluding carboxylic acids is 3. The molecule has 3 aromatic rings. The number of anilines is 1. The molecule has 0 heterocycles. The number of aldehydes is 1. The van der Waals surface area contributed by atoms with E-state index in [1.165, 1.54) is 4.90 Å². The fourth-order valence-electron chi connectivity index (χ4n) is 4.03. The first-order valence-corrected chi connectivity index (χ1v) is 11.7. The Morgan fingerprint density at radius 2 is 1.57 bits per heavy atom. The minimum absolute atomic E-state index is 0.159. The summed E-state index contributed by atoms with van der Waals surface area (Å²) in [6.07, 6.45) is 2.81. The predicted octanol–water partition coefficient (Wildman–Crippen LogP) is 5.86. The highest BCUT2D eigenvalue weighted by atomic mass is 16.5. The lowest BCUT2D eigenvalue weighted by Gasteiger charge is -2.23. The third-order valence-corrected chi connectivity index (χ3v) is 5.58. The standard InChI is InChI=1S/C29H31NO5/c1-6-34-26(32)17-20-12-14-21(15-13-20)30(5)29(33)27-25(18-31)24(16-19(3)4)22-10-8-9-11-23(22)28(27)35-7-2/h8-16,18H,6-7,17H2,1-5H3.